The smallest absolute Gasteiger partial charge is 0.240 e. The number of thiophene rings is 1. The zero-order valence-corrected chi connectivity index (χ0v) is 20.1. The van der Waals surface area contributed by atoms with E-state index in [-0.39, 0.29) is 16.7 Å². The number of benzene rings is 1. The van der Waals surface area contributed by atoms with Gasteiger partial charge in [0.05, 0.1) is 10.6 Å². The van der Waals surface area contributed by atoms with Gasteiger partial charge >= 0.3 is 0 Å². The predicted octanol–water partition coefficient (Wildman–Crippen LogP) is 3.66. The number of nitrogens with zero attached hydrogens (tertiary/aromatic N) is 1. The van der Waals surface area contributed by atoms with E-state index < -0.39 is 10.0 Å². The molecule has 1 amide bonds. The molecule has 0 saturated carbocycles. The highest BCUT2D eigenvalue weighted by molar-refractivity contribution is 7.99. The molecular formula is C22H29N3O3S3. The maximum atomic E-state index is 12.9. The minimum absolute atomic E-state index is 0.0698. The third-order valence-electron chi connectivity index (χ3n) is 5.98. The summed E-state index contributed by atoms with van der Waals surface area (Å²) in [5.74, 6) is 0.867. The Morgan fingerprint density at radius 1 is 1.23 bits per heavy atom. The molecule has 2 N–H and O–H groups in total. The Balaban J connectivity index is 1.29. The predicted molar refractivity (Wildman–Crippen MR) is 127 cm³/mol. The highest BCUT2D eigenvalue weighted by atomic mass is 32.2. The largest absolute Gasteiger partial charge is 0.325 e. The Bertz CT molecular complexity index is 1000. The number of fused-ring (bicyclic) bond motifs is 1. The highest BCUT2D eigenvalue weighted by Crippen LogP contribution is 2.34. The second-order valence-electron chi connectivity index (χ2n) is 8.33. The van der Waals surface area contributed by atoms with Crippen molar-refractivity contribution < 1.29 is 13.2 Å². The number of carbonyl (C=O) groups excluding carboxylic acids is 1. The number of anilines is 1. The van der Waals surface area contributed by atoms with Crippen LogP contribution in [-0.4, -0.2) is 51.2 Å². The number of hydrogen-bond acceptors (Lipinski definition) is 6. The van der Waals surface area contributed by atoms with Crippen molar-refractivity contribution in [1.82, 2.24) is 9.62 Å². The van der Waals surface area contributed by atoms with Gasteiger partial charge in [-0.05, 0) is 67.9 Å². The van der Waals surface area contributed by atoms with Gasteiger partial charge in [-0.3, -0.25) is 4.79 Å². The van der Waals surface area contributed by atoms with E-state index in [1.54, 1.807) is 41.3 Å². The summed E-state index contributed by atoms with van der Waals surface area (Å²) in [6.45, 7) is 5.42. The summed E-state index contributed by atoms with van der Waals surface area (Å²) in [5, 5.41) is 4.98. The van der Waals surface area contributed by atoms with Crippen molar-refractivity contribution in [3.8, 4) is 0 Å². The van der Waals surface area contributed by atoms with Crippen LogP contribution in [0.5, 0.6) is 0 Å². The van der Waals surface area contributed by atoms with Gasteiger partial charge in [-0.25, -0.2) is 13.1 Å². The number of amides is 1. The van der Waals surface area contributed by atoms with Gasteiger partial charge in [0.15, 0.2) is 0 Å². The molecule has 0 aliphatic carbocycles. The van der Waals surface area contributed by atoms with Crippen LogP contribution < -0.4 is 10.0 Å². The number of sulfonamides is 1. The Labute approximate surface area is 192 Å². The first-order chi connectivity index (χ1) is 14.9. The summed E-state index contributed by atoms with van der Waals surface area (Å²) < 4.78 is 28.5. The summed E-state index contributed by atoms with van der Waals surface area (Å²) in [6, 6.07) is 9.27. The first-order valence-electron chi connectivity index (χ1n) is 10.7. The van der Waals surface area contributed by atoms with Crippen molar-refractivity contribution in [2.75, 3.05) is 37.2 Å². The number of carbonyl (C=O) groups is 1. The lowest BCUT2D eigenvalue weighted by atomic mass is 9.97. The van der Waals surface area contributed by atoms with Crippen LogP contribution in [0.1, 0.15) is 24.6 Å². The number of thioether (sulfide) groups is 1. The molecule has 2 aromatic rings. The van der Waals surface area contributed by atoms with E-state index in [4.69, 9.17) is 0 Å². The molecule has 1 saturated heterocycles. The fourth-order valence-electron chi connectivity index (χ4n) is 3.89. The molecule has 3 heterocycles. The van der Waals surface area contributed by atoms with E-state index in [0.29, 0.717) is 23.9 Å². The third-order valence-corrected chi connectivity index (χ3v) is 9.67. The molecule has 2 aliphatic heterocycles. The molecule has 0 bridgehead atoms. The first kappa shape index (κ1) is 22.8. The Morgan fingerprint density at radius 3 is 2.77 bits per heavy atom. The zero-order valence-electron chi connectivity index (χ0n) is 17.7. The lowest BCUT2D eigenvalue weighted by Gasteiger charge is -2.31. The van der Waals surface area contributed by atoms with Gasteiger partial charge in [-0.1, -0.05) is 13.0 Å². The molecule has 1 aromatic carbocycles. The van der Waals surface area contributed by atoms with Crippen molar-refractivity contribution in [1.29, 1.82) is 0 Å². The van der Waals surface area contributed by atoms with Crippen LogP contribution in [0.3, 0.4) is 0 Å². The molecule has 9 heteroatoms. The van der Waals surface area contributed by atoms with Crippen LogP contribution in [-0.2, 0) is 21.2 Å². The van der Waals surface area contributed by atoms with E-state index in [9.17, 15) is 13.2 Å². The summed E-state index contributed by atoms with van der Waals surface area (Å²) in [5.41, 5.74) is 0.585. The molecule has 31 heavy (non-hydrogen) atoms. The number of likely N-dealkylation sites (tertiary alicyclic amines) is 1. The average Bonchev–Trinajstić information content (AvgIpc) is 3.24. The van der Waals surface area contributed by atoms with E-state index in [0.717, 1.165) is 43.8 Å². The van der Waals surface area contributed by atoms with Gasteiger partial charge in [-0.2, -0.15) is 0 Å². The molecule has 0 spiro atoms. The van der Waals surface area contributed by atoms with Crippen molar-refractivity contribution in [3.05, 3.63) is 40.6 Å². The van der Waals surface area contributed by atoms with E-state index in [1.807, 2.05) is 6.92 Å². The maximum absolute atomic E-state index is 12.9. The van der Waals surface area contributed by atoms with Crippen LogP contribution in [0, 0.1) is 11.8 Å². The topological polar surface area (TPSA) is 78.5 Å². The molecule has 1 atom stereocenters. The average molecular weight is 480 g/mol. The van der Waals surface area contributed by atoms with Crippen LogP contribution in [0.2, 0.25) is 0 Å². The van der Waals surface area contributed by atoms with Gasteiger partial charge in [-0.15, -0.1) is 23.1 Å². The van der Waals surface area contributed by atoms with E-state index in [1.165, 1.54) is 4.88 Å². The molecular weight excluding hydrogens is 450 g/mol. The number of nitrogens with one attached hydrogen (secondary N) is 2. The SMILES string of the molecule is C[C@H]1CSc2ccc(S(=O)(=O)NCC3CCN(CCc4cccs4)CC3)cc2NC1=O. The fraction of sp³-hybridized carbons (Fsp3) is 0.500. The number of rotatable bonds is 7. The minimum Gasteiger partial charge on any atom is -0.325 e. The molecule has 0 radical (unpaired) electrons. The number of hydrogen-bond donors (Lipinski definition) is 2. The fourth-order valence-corrected chi connectivity index (χ4v) is 6.75. The molecule has 6 nitrogen and oxygen atoms in total. The Morgan fingerprint density at radius 2 is 2.03 bits per heavy atom. The molecule has 1 aromatic heterocycles. The summed E-state index contributed by atoms with van der Waals surface area (Å²) in [4.78, 5) is 17.1. The summed E-state index contributed by atoms with van der Waals surface area (Å²) in [7, 11) is -3.61. The molecule has 2 aliphatic rings. The van der Waals surface area contributed by atoms with Crippen LogP contribution in [0.4, 0.5) is 5.69 Å². The van der Waals surface area contributed by atoms with Crippen molar-refractivity contribution in [2.24, 2.45) is 11.8 Å². The standard InChI is InChI=1S/C22H29N3O3S3/c1-16-15-30-21-5-4-19(13-20(21)24-22(16)26)31(27,28)23-14-17-6-9-25(10-7-17)11-8-18-3-2-12-29-18/h2-5,12-13,16-17,23H,6-11,14-15H2,1H3,(H,24,26)/t16-/m0/s1. The molecule has 0 unspecified atom stereocenters. The molecule has 1 fully saturated rings. The lowest BCUT2D eigenvalue weighted by molar-refractivity contribution is -0.118. The van der Waals surface area contributed by atoms with Gasteiger partial charge in [0.25, 0.3) is 0 Å². The Hall–Kier alpha value is -1.39. The summed E-state index contributed by atoms with van der Waals surface area (Å²) in [6.07, 6.45) is 3.09. The van der Waals surface area contributed by atoms with Crippen molar-refractivity contribution in [2.45, 2.75) is 36.0 Å². The second-order valence-corrected chi connectivity index (χ2v) is 12.2. The van der Waals surface area contributed by atoms with E-state index >= 15 is 0 Å². The van der Waals surface area contributed by atoms with Gasteiger partial charge in [0.2, 0.25) is 15.9 Å². The second kappa shape index (κ2) is 10.0. The van der Waals surface area contributed by atoms with Crippen LogP contribution >= 0.6 is 23.1 Å². The van der Waals surface area contributed by atoms with Crippen molar-refractivity contribution in [3.63, 3.8) is 0 Å². The number of piperidine rings is 1. The van der Waals surface area contributed by atoms with Crippen LogP contribution in [0.15, 0.2) is 45.5 Å². The zero-order chi connectivity index (χ0) is 21.8. The summed E-state index contributed by atoms with van der Waals surface area (Å²) >= 11 is 3.38. The van der Waals surface area contributed by atoms with Gasteiger partial charge < -0.3 is 10.2 Å². The van der Waals surface area contributed by atoms with Gasteiger partial charge in [0, 0.05) is 34.5 Å². The van der Waals surface area contributed by atoms with E-state index in [2.05, 4.69) is 32.5 Å². The monoisotopic (exact) mass is 479 g/mol. The Kier molecular flexibility index (Phi) is 7.38. The van der Waals surface area contributed by atoms with Crippen molar-refractivity contribution >= 4 is 44.7 Å². The normalized spacial score (nSPS) is 20.8. The van der Waals surface area contributed by atoms with Crippen LogP contribution in [0.25, 0.3) is 0 Å². The quantitative estimate of drug-likeness (QED) is 0.634. The minimum atomic E-state index is -3.61. The van der Waals surface area contributed by atoms with Gasteiger partial charge in [0.1, 0.15) is 0 Å². The molecule has 4 rings (SSSR count). The molecule has 168 valence electrons. The first-order valence-corrected chi connectivity index (χ1v) is 14.1. The lowest BCUT2D eigenvalue weighted by Crippen LogP contribution is -2.39. The third kappa shape index (κ3) is 5.90. The highest BCUT2D eigenvalue weighted by Gasteiger charge is 2.25. The maximum Gasteiger partial charge on any atom is 0.240 e.